The molecular formula is C17H20N4OS. The van der Waals surface area contributed by atoms with Gasteiger partial charge in [0.1, 0.15) is 0 Å². The van der Waals surface area contributed by atoms with Gasteiger partial charge in [-0.05, 0) is 30.6 Å². The van der Waals surface area contributed by atoms with E-state index < -0.39 is 0 Å². The van der Waals surface area contributed by atoms with Crippen LogP contribution in [0.4, 0.5) is 5.82 Å². The van der Waals surface area contributed by atoms with Crippen molar-refractivity contribution in [2.45, 2.75) is 18.3 Å². The van der Waals surface area contributed by atoms with E-state index >= 15 is 0 Å². The summed E-state index contributed by atoms with van der Waals surface area (Å²) in [4.78, 5) is 8.19. The van der Waals surface area contributed by atoms with Crippen LogP contribution in [-0.2, 0) is 10.2 Å². The molecule has 0 saturated carbocycles. The standard InChI is InChI=1S/C17H20N4OS/c23-16(21-15-12-18-8-9-19-15)20-13-17(6-10-22-11-7-17)14-4-2-1-3-5-14/h1-5,8-9,12H,6-7,10-11,13H2,(H2,19,20,21,23). The molecule has 0 bridgehead atoms. The van der Waals surface area contributed by atoms with Gasteiger partial charge < -0.3 is 15.4 Å². The average molecular weight is 328 g/mol. The lowest BCUT2D eigenvalue weighted by Crippen LogP contribution is -2.45. The summed E-state index contributed by atoms with van der Waals surface area (Å²) in [5, 5.41) is 6.97. The predicted molar refractivity (Wildman–Crippen MR) is 94.4 cm³/mol. The summed E-state index contributed by atoms with van der Waals surface area (Å²) >= 11 is 5.38. The summed E-state index contributed by atoms with van der Waals surface area (Å²) in [7, 11) is 0. The highest BCUT2D eigenvalue weighted by molar-refractivity contribution is 7.80. The number of hydrogen-bond donors (Lipinski definition) is 2. The van der Waals surface area contributed by atoms with E-state index in [9.17, 15) is 0 Å². The van der Waals surface area contributed by atoms with E-state index in [0.717, 1.165) is 32.6 Å². The molecule has 0 spiro atoms. The lowest BCUT2D eigenvalue weighted by atomic mass is 9.74. The fourth-order valence-corrected chi connectivity index (χ4v) is 3.07. The molecular weight excluding hydrogens is 308 g/mol. The van der Waals surface area contributed by atoms with E-state index in [-0.39, 0.29) is 5.41 Å². The molecule has 0 aliphatic carbocycles. The molecule has 5 nitrogen and oxygen atoms in total. The van der Waals surface area contributed by atoms with Gasteiger partial charge >= 0.3 is 0 Å². The van der Waals surface area contributed by atoms with Gasteiger partial charge in [0.15, 0.2) is 10.9 Å². The molecule has 1 aromatic heterocycles. The van der Waals surface area contributed by atoms with Crippen LogP contribution < -0.4 is 10.6 Å². The maximum Gasteiger partial charge on any atom is 0.172 e. The number of aromatic nitrogens is 2. The van der Waals surface area contributed by atoms with E-state index in [0.29, 0.717) is 10.9 Å². The Bertz CT molecular complexity index is 630. The van der Waals surface area contributed by atoms with Crippen molar-refractivity contribution < 1.29 is 4.74 Å². The predicted octanol–water partition coefficient (Wildman–Crippen LogP) is 2.51. The van der Waals surface area contributed by atoms with Crippen molar-refractivity contribution in [2.75, 3.05) is 25.1 Å². The van der Waals surface area contributed by atoms with Crippen molar-refractivity contribution in [3.05, 3.63) is 54.5 Å². The normalized spacial score (nSPS) is 16.5. The number of ether oxygens (including phenoxy) is 1. The van der Waals surface area contributed by atoms with Crippen LogP contribution in [0.5, 0.6) is 0 Å². The van der Waals surface area contributed by atoms with Crippen LogP contribution >= 0.6 is 12.2 Å². The minimum absolute atomic E-state index is 0.0492. The molecule has 2 N–H and O–H groups in total. The summed E-state index contributed by atoms with van der Waals surface area (Å²) in [6.07, 6.45) is 6.88. The Labute approximate surface area is 141 Å². The zero-order chi connectivity index (χ0) is 16.0. The van der Waals surface area contributed by atoms with Gasteiger partial charge in [-0.1, -0.05) is 30.3 Å². The van der Waals surface area contributed by atoms with E-state index in [2.05, 4.69) is 44.9 Å². The van der Waals surface area contributed by atoms with Crippen LogP contribution in [-0.4, -0.2) is 34.8 Å². The maximum absolute atomic E-state index is 5.55. The minimum Gasteiger partial charge on any atom is -0.381 e. The van der Waals surface area contributed by atoms with Gasteiger partial charge in [0.25, 0.3) is 0 Å². The van der Waals surface area contributed by atoms with Gasteiger partial charge in [0.05, 0.1) is 6.20 Å². The van der Waals surface area contributed by atoms with Gasteiger partial charge in [-0.2, -0.15) is 0 Å². The van der Waals surface area contributed by atoms with Crippen LogP contribution in [0.1, 0.15) is 18.4 Å². The summed E-state index contributed by atoms with van der Waals surface area (Å²) in [6, 6.07) is 10.6. The molecule has 6 heteroatoms. The summed E-state index contributed by atoms with van der Waals surface area (Å²) in [6.45, 7) is 2.33. The van der Waals surface area contributed by atoms with Crippen molar-refractivity contribution in [1.29, 1.82) is 0 Å². The molecule has 120 valence electrons. The molecule has 1 aliphatic heterocycles. The van der Waals surface area contributed by atoms with Crippen LogP contribution in [0, 0.1) is 0 Å². The average Bonchev–Trinajstić information content (AvgIpc) is 2.62. The Kier molecular flexibility index (Phi) is 5.15. The molecule has 1 saturated heterocycles. The quantitative estimate of drug-likeness (QED) is 0.841. The monoisotopic (exact) mass is 328 g/mol. The Morgan fingerprint density at radius 1 is 1.17 bits per heavy atom. The topological polar surface area (TPSA) is 59.1 Å². The van der Waals surface area contributed by atoms with Crippen molar-refractivity contribution in [2.24, 2.45) is 0 Å². The van der Waals surface area contributed by atoms with Crippen molar-refractivity contribution in [3.8, 4) is 0 Å². The number of thiocarbonyl (C=S) groups is 1. The Morgan fingerprint density at radius 2 is 1.96 bits per heavy atom. The number of rotatable bonds is 4. The Hall–Kier alpha value is -2.05. The Morgan fingerprint density at radius 3 is 2.65 bits per heavy atom. The van der Waals surface area contributed by atoms with Crippen LogP contribution in [0.25, 0.3) is 0 Å². The molecule has 3 rings (SSSR count). The van der Waals surface area contributed by atoms with Crippen molar-refractivity contribution >= 4 is 23.1 Å². The van der Waals surface area contributed by atoms with Crippen LogP contribution in [0.2, 0.25) is 0 Å². The van der Waals surface area contributed by atoms with Gasteiger partial charge in [-0.15, -0.1) is 0 Å². The first-order valence-electron chi connectivity index (χ1n) is 7.73. The van der Waals surface area contributed by atoms with E-state index in [1.165, 1.54) is 5.56 Å². The SMILES string of the molecule is S=C(NCC1(c2ccccc2)CCOCC1)Nc1cnccn1. The second-order valence-electron chi connectivity index (χ2n) is 5.66. The second-order valence-corrected chi connectivity index (χ2v) is 6.07. The van der Waals surface area contributed by atoms with E-state index in [4.69, 9.17) is 17.0 Å². The number of benzene rings is 1. The van der Waals surface area contributed by atoms with E-state index in [1.54, 1.807) is 18.6 Å². The first kappa shape index (κ1) is 15.8. The zero-order valence-corrected chi connectivity index (χ0v) is 13.7. The third-order valence-corrected chi connectivity index (χ3v) is 4.47. The fraction of sp³-hybridized carbons (Fsp3) is 0.353. The molecule has 2 aromatic rings. The van der Waals surface area contributed by atoms with Crippen molar-refractivity contribution in [1.82, 2.24) is 15.3 Å². The molecule has 0 unspecified atom stereocenters. The summed E-state index contributed by atoms with van der Waals surface area (Å²) in [5.41, 5.74) is 1.38. The highest BCUT2D eigenvalue weighted by Gasteiger charge is 2.34. The first-order chi connectivity index (χ1) is 11.3. The van der Waals surface area contributed by atoms with Crippen LogP contribution in [0.15, 0.2) is 48.9 Å². The highest BCUT2D eigenvalue weighted by atomic mass is 32.1. The van der Waals surface area contributed by atoms with Crippen LogP contribution in [0.3, 0.4) is 0 Å². The summed E-state index contributed by atoms with van der Waals surface area (Å²) in [5.74, 6) is 0.644. The molecule has 0 radical (unpaired) electrons. The highest BCUT2D eigenvalue weighted by Crippen LogP contribution is 2.34. The van der Waals surface area contributed by atoms with Gasteiger partial charge in [0.2, 0.25) is 0 Å². The van der Waals surface area contributed by atoms with Gasteiger partial charge in [0, 0.05) is 37.6 Å². The molecule has 2 heterocycles. The minimum atomic E-state index is 0.0492. The zero-order valence-electron chi connectivity index (χ0n) is 12.9. The lowest BCUT2D eigenvalue weighted by Gasteiger charge is -2.38. The maximum atomic E-state index is 5.55. The number of hydrogen-bond acceptors (Lipinski definition) is 4. The van der Waals surface area contributed by atoms with E-state index in [1.807, 2.05) is 6.07 Å². The molecule has 0 amide bonds. The number of anilines is 1. The first-order valence-corrected chi connectivity index (χ1v) is 8.13. The largest absolute Gasteiger partial charge is 0.381 e. The molecule has 1 aliphatic rings. The van der Waals surface area contributed by atoms with Gasteiger partial charge in [-0.25, -0.2) is 4.98 Å². The summed E-state index contributed by atoms with van der Waals surface area (Å²) < 4.78 is 5.55. The van der Waals surface area contributed by atoms with Crippen molar-refractivity contribution in [3.63, 3.8) is 0 Å². The van der Waals surface area contributed by atoms with Gasteiger partial charge in [-0.3, -0.25) is 4.98 Å². The molecule has 0 atom stereocenters. The lowest BCUT2D eigenvalue weighted by molar-refractivity contribution is 0.0515. The Balaban J connectivity index is 1.66. The number of nitrogens with one attached hydrogen (secondary N) is 2. The fourth-order valence-electron chi connectivity index (χ4n) is 2.89. The molecule has 1 fully saturated rings. The second kappa shape index (κ2) is 7.48. The molecule has 23 heavy (non-hydrogen) atoms. The third kappa shape index (κ3) is 4.03. The smallest absolute Gasteiger partial charge is 0.172 e. The third-order valence-electron chi connectivity index (χ3n) is 4.23. The number of nitrogens with zero attached hydrogens (tertiary/aromatic N) is 2. The molecule has 1 aromatic carbocycles.